The second kappa shape index (κ2) is 8.37. The van der Waals surface area contributed by atoms with Gasteiger partial charge in [-0.05, 0) is 31.0 Å². The summed E-state index contributed by atoms with van der Waals surface area (Å²) in [7, 11) is 0. The fraction of sp³-hybridized carbons (Fsp3) is 0.562. The molecule has 0 aromatic heterocycles. The van der Waals surface area contributed by atoms with Crippen LogP contribution in [0.2, 0.25) is 5.02 Å². The minimum absolute atomic E-state index is 0.181. The van der Waals surface area contributed by atoms with E-state index in [2.05, 4.69) is 4.90 Å². The van der Waals surface area contributed by atoms with E-state index in [0.29, 0.717) is 19.4 Å². The highest BCUT2D eigenvalue weighted by atomic mass is 35.5. The molecule has 1 aliphatic rings. The Morgan fingerprint density at radius 2 is 2.00 bits per heavy atom. The maximum Gasteiger partial charge on any atom is 0.222 e. The molecule has 0 spiro atoms. The molecular formula is C16H23ClN2O2. The molecule has 0 atom stereocenters. The van der Waals surface area contributed by atoms with Crippen LogP contribution in [0.3, 0.4) is 0 Å². The molecule has 116 valence electrons. The molecule has 1 saturated heterocycles. The fourth-order valence-corrected chi connectivity index (χ4v) is 2.92. The van der Waals surface area contributed by atoms with Crippen molar-refractivity contribution in [3.63, 3.8) is 0 Å². The van der Waals surface area contributed by atoms with Gasteiger partial charge in [-0.15, -0.1) is 0 Å². The summed E-state index contributed by atoms with van der Waals surface area (Å²) >= 11 is 6.12. The number of hydrogen-bond acceptors (Lipinski definition) is 3. The molecule has 0 saturated carbocycles. The number of halogens is 1. The van der Waals surface area contributed by atoms with Gasteiger partial charge in [0.2, 0.25) is 5.91 Å². The number of amides is 1. The Morgan fingerprint density at radius 3 is 2.76 bits per heavy atom. The summed E-state index contributed by atoms with van der Waals surface area (Å²) in [5.74, 6) is 0.195. The molecule has 0 bridgehead atoms. The topological polar surface area (TPSA) is 43.8 Å². The van der Waals surface area contributed by atoms with Crippen LogP contribution in [0.1, 0.15) is 18.4 Å². The zero-order valence-electron chi connectivity index (χ0n) is 12.3. The molecule has 0 aliphatic carbocycles. The van der Waals surface area contributed by atoms with E-state index < -0.39 is 0 Å². The Hall–Kier alpha value is -1.10. The number of β-amino-alcohol motifs (C(OH)–C–C–N with tert-alkyl or cyclic N) is 1. The fourth-order valence-electron chi connectivity index (χ4n) is 2.69. The lowest BCUT2D eigenvalue weighted by molar-refractivity contribution is -0.131. The number of rotatable bonds is 5. The summed E-state index contributed by atoms with van der Waals surface area (Å²) < 4.78 is 0. The van der Waals surface area contributed by atoms with Crippen molar-refractivity contribution >= 4 is 17.5 Å². The van der Waals surface area contributed by atoms with E-state index in [1.54, 1.807) is 0 Å². The Balaban J connectivity index is 1.82. The van der Waals surface area contributed by atoms with E-state index >= 15 is 0 Å². The van der Waals surface area contributed by atoms with Crippen molar-refractivity contribution in [2.24, 2.45) is 0 Å². The van der Waals surface area contributed by atoms with Crippen molar-refractivity contribution in [3.05, 3.63) is 34.9 Å². The number of hydrogen-bond donors (Lipinski definition) is 1. The quantitative estimate of drug-likeness (QED) is 0.902. The van der Waals surface area contributed by atoms with Gasteiger partial charge in [-0.25, -0.2) is 0 Å². The molecular weight excluding hydrogens is 288 g/mol. The maximum atomic E-state index is 12.3. The molecule has 21 heavy (non-hydrogen) atoms. The normalized spacial score (nSPS) is 16.8. The first kappa shape index (κ1) is 16.3. The Morgan fingerprint density at radius 1 is 1.19 bits per heavy atom. The van der Waals surface area contributed by atoms with E-state index in [-0.39, 0.29) is 12.5 Å². The van der Waals surface area contributed by atoms with Gasteiger partial charge in [-0.2, -0.15) is 0 Å². The molecule has 5 heteroatoms. The summed E-state index contributed by atoms with van der Waals surface area (Å²) in [4.78, 5) is 16.5. The minimum Gasteiger partial charge on any atom is -0.395 e. The molecule has 1 amide bonds. The Kier molecular flexibility index (Phi) is 6.49. The van der Waals surface area contributed by atoms with Crippen LogP contribution in [0.25, 0.3) is 0 Å². The van der Waals surface area contributed by atoms with Gasteiger partial charge in [-0.3, -0.25) is 9.69 Å². The third-order valence-corrected chi connectivity index (χ3v) is 4.29. The third kappa shape index (κ3) is 4.99. The van der Waals surface area contributed by atoms with Gasteiger partial charge in [0.1, 0.15) is 0 Å². The average Bonchev–Trinajstić information content (AvgIpc) is 2.72. The molecule has 1 aromatic carbocycles. The Labute approximate surface area is 131 Å². The van der Waals surface area contributed by atoms with Crippen LogP contribution in [-0.4, -0.2) is 60.1 Å². The monoisotopic (exact) mass is 310 g/mol. The lowest BCUT2D eigenvalue weighted by Gasteiger charge is -2.21. The van der Waals surface area contributed by atoms with Crippen molar-refractivity contribution < 1.29 is 9.90 Å². The summed E-state index contributed by atoms with van der Waals surface area (Å²) in [5, 5.41) is 9.72. The zero-order valence-corrected chi connectivity index (χ0v) is 13.1. The van der Waals surface area contributed by atoms with Crippen LogP contribution in [0.5, 0.6) is 0 Å². The van der Waals surface area contributed by atoms with Crippen molar-refractivity contribution in [2.45, 2.75) is 19.3 Å². The lowest BCUT2D eigenvalue weighted by atomic mass is 10.1. The maximum absolute atomic E-state index is 12.3. The van der Waals surface area contributed by atoms with Crippen LogP contribution >= 0.6 is 11.6 Å². The molecule has 1 N–H and O–H groups in total. The number of carbonyl (C=O) groups excluding carboxylic acids is 1. The van der Waals surface area contributed by atoms with Gasteiger partial charge in [0.15, 0.2) is 0 Å². The molecule has 1 aromatic rings. The largest absolute Gasteiger partial charge is 0.395 e. The van der Waals surface area contributed by atoms with Crippen LogP contribution in [0.4, 0.5) is 0 Å². The summed E-state index contributed by atoms with van der Waals surface area (Å²) in [6.07, 6.45) is 2.16. The molecule has 1 heterocycles. The second-order valence-electron chi connectivity index (χ2n) is 5.39. The predicted molar refractivity (Wildman–Crippen MR) is 84.5 cm³/mol. The average molecular weight is 311 g/mol. The van der Waals surface area contributed by atoms with E-state index in [1.165, 1.54) is 0 Å². The van der Waals surface area contributed by atoms with Crippen LogP contribution in [0.15, 0.2) is 24.3 Å². The van der Waals surface area contributed by atoms with Crippen LogP contribution in [-0.2, 0) is 11.2 Å². The number of aliphatic hydroxyl groups excluding tert-OH is 1. The standard InChI is InChI=1S/C16H23ClN2O2/c17-15-5-2-1-4-14(15)6-7-16(21)19-9-3-8-18(10-11-19)12-13-20/h1-2,4-5,20H,3,6-13H2. The van der Waals surface area contributed by atoms with Crippen LogP contribution < -0.4 is 0 Å². The van der Waals surface area contributed by atoms with Gasteiger partial charge in [-0.1, -0.05) is 29.8 Å². The highest BCUT2D eigenvalue weighted by Gasteiger charge is 2.18. The lowest BCUT2D eigenvalue weighted by Crippen LogP contribution is -2.36. The van der Waals surface area contributed by atoms with Gasteiger partial charge in [0, 0.05) is 37.6 Å². The zero-order chi connectivity index (χ0) is 15.1. The van der Waals surface area contributed by atoms with E-state index in [4.69, 9.17) is 16.7 Å². The SMILES string of the molecule is O=C(CCc1ccccc1Cl)N1CCCN(CCO)CC1. The predicted octanol–water partition coefficient (Wildman–Crippen LogP) is 1.80. The third-order valence-electron chi connectivity index (χ3n) is 3.92. The van der Waals surface area contributed by atoms with Crippen molar-refractivity contribution in [2.75, 3.05) is 39.3 Å². The van der Waals surface area contributed by atoms with Crippen molar-refractivity contribution in [1.82, 2.24) is 9.80 Å². The molecule has 2 rings (SSSR count). The summed E-state index contributed by atoms with van der Waals surface area (Å²) in [5.41, 5.74) is 1.03. The second-order valence-corrected chi connectivity index (χ2v) is 5.80. The van der Waals surface area contributed by atoms with E-state index in [9.17, 15) is 4.79 Å². The highest BCUT2D eigenvalue weighted by Crippen LogP contribution is 2.17. The number of carbonyl (C=O) groups is 1. The van der Waals surface area contributed by atoms with Crippen molar-refractivity contribution in [1.29, 1.82) is 0 Å². The summed E-state index contributed by atoms with van der Waals surface area (Å²) in [6, 6.07) is 7.68. The molecule has 1 fully saturated rings. The Bertz CT molecular complexity index is 467. The number of nitrogens with zero attached hydrogens (tertiary/aromatic N) is 2. The highest BCUT2D eigenvalue weighted by molar-refractivity contribution is 6.31. The van der Waals surface area contributed by atoms with Gasteiger partial charge < -0.3 is 10.0 Å². The minimum atomic E-state index is 0.181. The van der Waals surface area contributed by atoms with Crippen LogP contribution in [0, 0.1) is 0 Å². The number of benzene rings is 1. The number of aliphatic hydroxyl groups is 1. The van der Waals surface area contributed by atoms with Crippen molar-refractivity contribution in [3.8, 4) is 0 Å². The number of aryl methyl sites for hydroxylation is 1. The smallest absolute Gasteiger partial charge is 0.222 e. The van der Waals surface area contributed by atoms with E-state index in [1.807, 2.05) is 29.2 Å². The first-order chi connectivity index (χ1) is 10.2. The first-order valence-corrected chi connectivity index (χ1v) is 7.93. The van der Waals surface area contributed by atoms with Gasteiger partial charge in [0.25, 0.3) is 0 Å². The summed E-state index contributed by atoms with van der Waals surface area (Å²) in [6.45, 7) is 4.24. The molecule has 0 radical (unpaired) electrons. The van der Waals surface area contributed by atoms with Gasteiger partial charge >= 0.3 is 0 Å². The van der Waals surface area contributed by atoms with Gasteiger partial charge in [0.05, 0.1) is 6.61 Å². The van der Waals surface area contributed by atoms with E-state index in [0.717, 1.165) is 43.2 Å². The molecule has 0 unspecified atom stereocenters. The first-order valence-electron chi connectivity index (χ1n) is 7.55. The molecule has 4 nitrogen and oxygen atoms in total. The molecule has 1 aliphatic heterocycles.